The molecule has 0 amide bonds. The Labute approximate surface area is 123 Å². The highest BCUT2D eigenvalue weighted by atomic mass is 35.5. The largest absolute Gasteiger partial charge is 0.388 e. The van der Waals surface area contributed by atoms with Crippen molar-refractivity contribution in [2.75, 3.05) is 11.5 Å². The lowest BCUT2D eigenvalue weighted by molar-refractivity contribution is 0.122. The van der Waals surface area contributed by atoms with Crippen LogP contribution in [0.1, 0.15) is 18.1 Å². The van der Waals surface area contributed by atoms with E-state index in [-0.39, 0.29) is 17.4 Å². The van der Waals surface area contributed by atoms with Crippen molar-refractivity contribution in [3.05, 3.63) is 47.0 Å². The van der Waals surface area contributed by atoms with Gasteiger partial charge < -0.3 is 5.11 Å². The van der Waals surface area contributed by atoms with Crippen molar-refractivity contribution < 1.29 is 13.5 Å². The molecule has 0 saturated carbocycles. The summed E-state index contributed by atoms with van der Waals surface area (Å²) in [6, 6.07) is 11.1. The van der Waals surface area contributed by atoms with Gasteiger partial charge in [-0.3, -0.25) is 0 Å². The Balaban J connectivity index is 2.04. The molecule has 0 bridgehead atoms. The van der Waals surface area contributed by atoms with E-state index in [1.54, 1.807) is 12.1 Å². The normalized spacial score (nSPS) is 23.0. The van der Waals surface area contributed by atoms with Crippen LogP contribution in [-0.4, -0.2) is 25.0 Å². The highest BCUT2D eigenvalue weighted by molar-refractivity contribution is 7.91. The third-order valence-corrected chi connectivity index (χ3v) is 6.06. The first-order chi connectivity index (χ1) is 9.48. The lowest BCUT2D eigenvalue weighted by Crippen LogP contribution is -2.14. The summed E-state index contributed by atoms with van der Waals surface area (Å²) in [5.41, 5.74) is 0.757. The van der Waals surface area contributed by atoms with Gasteiger partial charge in [-0.25, -0.2) is 8.42 Å². The van der Waals surface area contributed by atoms with E-state index in [0.29, 0.717) is 11.4 Å². The summed E-state index contributed by atoms with van der Waals surface area (Å²) < 4.78 is 23.1. The first kappa shape index (κ1) is 13.9. The van der Waals surface area contributed by atoms with Crippen LogP contribution < -0.4 is 0 Å². The Bertz CT molecular complexity index is 755. The maximum Gasteiger partial charge on any atom is 0.150 e. The van der Waals surface area contributed by atoms with Gasteiger partial charge in [0.2, 0.25) is 0 Å². The number of hydrogen-bond donors (Lipinski definition) is 1. The van der Waals surface area contributed by atoms with E-state index in [2.05, 4.69) is 0 Å². The van der Waals surface area contributed by atoms with E-state index >= 15 is 0 Å². The first-order valence-corrected chi connectivity index (χ1v) is 8.73. The van der Waals surface area contributed by atoms with Crippen LogP contribution in [0.5, 0.6) is 0 Å². The van der Waals surface area contributed by atoms with Gasteiger partial charge in [-0.15, -0.1) is 0 Å². The molecule has 2 atom stereocenters. The Morgan fingerprint density at radius 1 is 1.15 bits per heavy atom. The zero-order chi connectivity index (χ0) is 14.3. The second kappa shape index (κ2) is 5.02. The van der Waals surface area contributed by atoms with Crippen LogP contribution in [0.2, 0.25) is 5.02 Å². The number of fused-ring (bicyclic) bond motifs is 1. The van der Waals surface area contributed by atoms with Crippen LogP contribution in [0.4, 0.5) is 0 Å². The molecule has 0 aliphatic carbocycles. The summed E-state index contributed by atoms with van der Waals surface area (Å²) in [5, 5.41) is 12.9. The van der Waals surface area contributed by atoms with Crippen LogP contribution in [0.25, 0.3) is 10.8 Å². The zero-order valence-corrected chi connectivity index (χ0v) is 12.4. The Kier molecular flexibility index (Phi) is 3.48. The third kappa shape index (κ3) is 2.43. The molecule has 2 aromatic rings. The van der Waals surface area contributed by atoms with Crippen molar-refractivity contribution >= 4 is 32.2 Å². The Hall–Kier alpha value is -1.10. The molecule has 0 spiro atoms. The van der Waals surface area contributed by atoms with Crippen LogP contribution in [-0.2, 0) is 9.84 Å². The predicted molar refractivity (Wildman–Crippen MR) is 80.7 cm³/mol. The smallest absolute Gasteiger partial charge is 0.150 e. The van der Waals surface area contributed by atoms with E-state index in [1.807, 2.05) is 24.3 Å². The summed E-state index contributed by atoms with van der Waals surface area (Å²) >= 11 is 6.16. The molecule has 1 aliphatic rings. The highest BCUT2D eigenvalue weighted by Gasteiger charge is 2.34. The van der Waals surface area contributed by atoms with Gasteiger partial charge in [-0.1, -0.05) is 41.9 Å². The summed E-state index contributed by atoms with van der Waals surface area (Å²) in [7, 11) is -3.00. The van der Waals surface area contributed by atoms with E-state index < -0.39 is 15.9 Å². The van der Waals surface area contributed by atoms with Gasteiger partial charge in [-0.2, -0.15) is 0 Å². The minimum Gasteiger partial charge on any atom is -0.388 e. The molecule has 1 fully saturated rings. The van der Waals surface area contributed by atoms with Gasteiger partial charge in [0.1, 0.15) is 0 Å². The highest BCUT2D eigenvalue weighted by Crippen LogP contribution is 2.36. The van der Waals surface area contributed by atoms with E-state index in [1.165, 1.54) is 0 Å². The molecule has 2 unspecified atom stereocenters. The van der Waals surface area contributed by atoms with Gasteiger partial charge in [0, 0.05) is 16.3 Å². The van der Waals surface area contributed by atoms with E-state index in [9.17, 15) is 13.5 Å². The van der Waals surface area contributed by atoms with Gasteiger partial charge >= 0.3 is 0 Å². The molecule has 1 saturated heterocycles. The van der Waals surface area contributed by atoms with Crippen molar-refractivity contribution in [2.24, 2.45) is 5.92 Å². The van der Waals surface area contributed by atoms with Crippen molar-refractivity contribution in [1.29, 1.82) is 0 Å². The van der Waals surface area contributed by atoms with Crippen LogP contribution in [0, 0.1) is 5.92 Å². The summed E-state index contributed by atoms with van der Waals surface area (Å²) in [4.78, 5) is 0. The standard InChI is InChI=1S/C15H15ClO3S/c16-14-6-5-13(11-3-1-2-4-12(11)14)15(17)10-7-8-20(18,19)9-10/h1-6,10,15,17H,7-9H2. The molecule has 0 aromatic heterocycles. The molecule has 2 aromatic carbocycles. The van der Waals surface area contributed by atoms with Crippen LogP contribution in [0.15, 0.2) is 36.4 Å². The number of sulfone groups is 1. The van der Waals surface area contributed by atoms with Crippen molar-refractivity contribution in [3.63, 3.8) is 0 Å². The monoisotopic (exact) mass is 310 g/mol. The van der Waals surface area contributed by atoms with Gasteiger partial charge in [-0.05, 0) is 23.4 Å². The SMILES string of the molecule is O=S1(=O)CCC(C(O)c2ccc(Cl)c3ccccc23)C1. The van der Waals surface area contributed by atoms with Crippen molar-refractivity contribution in [2.45, 2.75) is 12.5 Å². The molecular formula is C15H15ClO3S. The number of aliphatic hydroxyl groups is 1. The molecule has 1 heterocycles. The van der Waals surface area contributed by atoms with Crippen molar-refractivity contribution in [3.8, 4) is 0 Å². The third-order valence-electron chi connectivity index (χ3n) is 3.94. The first-order valence-electron chi connectivity index (χ1n) is 6.53. The number of rotatable bonds is 2. The summed E-state index contributed by atoms with van der Waals surface area (Å²) in [6.45, 7) is 0. The molecule has 0 radical (unpaired) electrons. The molecule has 5 heteroatoms. The second-order valence-electron chi connectivity index (χ2n) is 5.29. The summed E-state index contributed by atoms with van der Waals surface area (Å²) in [6.07, 6.45) is -0.255. The Morgan fingerprint density at radius 2 is 1.85 bits per heavy atom. The average molecular weight is 311 g/mol. The van der Waals surface area contributed by atoms with Gasteiger partial charge in [0.05, 0.1) is 17.6 Å². The minimum absolute atomic E-state index is 0.0606. The van der Waals surface area contributed by atoms with E-state index in [4.69, 9.17) is 11.6 Å². The molecule has 20 heavy (non-hydrogen) atoms. The number of hydrogen-bond acceptors (Lipinski definition) is 3. The fourth-order valence-corrected chi connectivity index (χ4v) is 4.93. The van der Waals surface area contributed by atoms with Crippen LogP contribution >= 0.6 is 11.6 Å². The predicted octanol–water partition coefficient (Wildman–Crippen LogP) is 2.96. The van der Waals surface area contributed by atoms with Gasteiger partial charge in [0.15, 0.2) is 9.84 Å². The molecule has 1 N–H and O–H groups in total. The lowest BCUT2D eigenvalue weighted by Gasteiger charge is -2.19. The fourth-order valence-electron chi connectivity index (χ4n) is 2.87. The maximum atomic E-state index is 11.6. The van der Waals surface area contributed by atoms with Crippen LogP contribution in [0.3, 0.4) is 0 Å². The quantitative estimate of drug-likeness (QED) is 0.928. The summed E-state index contributed by atoms with van der Waals surface area (Å²) in [5.74, 6) is -0.00432. The number of halogens is 1. The van der Waals surface area contributed by atoms with Crippen molar-refractivity contribution in [1.82, 2.24) is 0 Å². The van der Waals surface area contributed by atoms with E-state index in [0.717, 1.165) is 16.3 Å². The second-order valence-corrected chi connectivity index (χ2v) is 7.93. The lowest BCUT2D eigenvalue weighted by atomic mass is 9.91. The van der Waals surface area contributed by atoms with Gasteiger partial charge in [0.25, 0.3) is 0 Å². The molecule has 3 rings (SSSR count). The average Bonchev–Trinajstić information content (AvgIpc) is 2.79. The number of aliphatic hydroxyl groups excluding tert-OH is 1. The zero-order valence-electron chi connectivity index (χ0n) is 10.8. The fraction of sp³-hybridized carbons (Fsp3) is 0.333. The molecule has 3 nitrogen and oxygen atoms in total. The minimum atomic E-state index is -3.00. The Morgan fingerprint density at radius 3 is 2.50 bits per heavy atom. The molecule has 106 valence electrons. The number of benzene rings is 2. The molecule has 1 aliphatic heterocycles. The molecular weight excluding hydrogens is 296 g/mol. The topological polar surface area (TPSA) is 54.4 Å². The maximum absolute atomic E-state index is 11.6.